The first-order valence-electron chi connectivity index (χ1n) is 5.23. The summed E-state index contributed by atoms with van der Waals surface area (Å²) >= 11 is 0. The number of nitrogens with one attached hydrogen (secondary N) is 1. The van der Waals surface area contributed by atoms with E-state index in [2.05, 4.69) is 19.3 Å². The zero-order valence-corrected chi connectivity index (χ0v) is 8.92. The molecule has 0 heterocycles. The highest BCUT2D eigenvalue weighted by Crippen LogP contribution is 2.37. The van der Waals surface area contributed by atoms with Crippen molar-refractivity contribution in [2.24, 2.45) is 17.7 Å². The summed E-state index contributed by atoms with van der Waals surface area (Å²) in [6.07, 6.45) is 4.04. The topological polar surface area (TPSA) is 47.3 Å². The van der Waals surface area contributed by atoms with Crippen molar-refractivity contribution in [3.63, 3.8) is 0 Å². The predicted molar refractivity (Wildman–Crippen MR) is 54.1 cm³/mol. The minimum absolute atomic E-state index is 0.306. The Balaban J connectivity index is 2.50. The molecule has 0 spiro atoms. The van der Waals surface area contributed by atoms with Crippen molar-refractivity contribution in [1.82, 2.24) is 5.43 Å². The monoisotopic (exact) mass is 186 g/mol. The van der Waals surface area contributed by atoms with Gasteiger partial charge in [-0.3, -0.25) is 11.3 Å². The highest BCUT2D eigenvalue weighted by atomic mass is 16.5. The van der Waals surface area contributed by atoms with E-state index in [1.54, 1.807) is 7.11 Å². The van der Waals surface area contributed by atoms with Gasteiger partial charge in [-0.15, -0.1) is 0 Å². The van der Waals surface area contributed by atoms with Gasteiger partial charge in [-0.1, -0.05) is 20.3 Å². The lowest BCUT2D eigenvalue weighted by Gasteiger charge is -2.29. The van der Waals surface area contributed by atoms with Gasteiger partial charge in [0.2, 0.25) is 0 Å². The molecule has 0 aromatic heterocycles. The zero-order chi connectivity index (χ0) is 9.84. The molecule has 1 aliphatic rings. The van der Waals surface area contributed by atoms with Gasteiger partial charge >= 0.3 is 0 Å². The average Bonchev–Trinajstić information content (AvgIpc) is 2.96. The summed E-state index contributed by atoms with van der Waals surface area (Å²) in [4.78, 5) is 0. The molecule has 0 amide bonds. The van der Waals surface area contributed by atoms with E-state index in [0.29, 0.717) is 18.1 Å². The van der Waals surface area contributed by atoms with Crippen LogP contribution in [0, 0.1) is 11.8 Å². The van der Waals surface area contributed by atoms with Gasteiger partial charge < -0.3 is 4.74 Å². The summed E-state index contributed by atoms with van der Waals surface area (Å²) < 4.78 is 5.51. The van der Waals surface area contributed by atoms with Crippen molar-refractivity contribution in [2.75, 3.05) is 7.11 Å². The zero-order valence-electron chi connectivity index (χ0n) is 8.92. The third-order valence-corrected chi connectivity index (χ3v) is 3.16. The predicted octanol–water partition coefficient (Wildman–Crippen LogP) is 1.29. The molecule has 0 radical (unpaired) electrons. The summed E-state index contributed by atoms with van der Waals surface area (Å²) in [6, 6.07) is 0.308. The summed E-state index contributed by atoms with van der Waals surface area (Å²) in [5.41, 5.74) is 2.90. The first-order chi connectivity index (χ1) is 6.24. The fourth-order valence-electron chi connectivity index (χ4n) is 1.89. The summed E-state index contributed by atoms with van der Waals surface area (Å²) in [5.74, 6) is 6.88. The SMILES string of the molecule is CCC(C)C(NN)C(OC)C1CC1. The molecular weight excluding hydrogens is 164 g/mol. The van der Waals surface area contributed by atoms with Gasteiger partial charge in [0.15, 0.2) is 0 Å². The van der Waals surface area contributed by atoms with Crippen molar-refractivity contribution >= 4 is 0 Å². The number of hydrazine groups is 1. The van der Waals surface area contributed by atoms with Crippen LogP contribution in [0.4, 0.5) is 0 Å². The van der Waals surface area contributed by atoms with Crippen molar-refractivity contribution in [2.45, 2.75) is 45.3 Å². The number of hydrogen-bond acceptors (Lipinski definition) is 3. The highest BCUT2D eigenvalue weighted by Gasteiger charge is 2.38. The largest absolute Gasteiger partial charge is 0.379 e. The second kappa shape index (κ2) is 4.94. The molecule has 0 saturated heterocycles. The molecule has 0 aromatic carbocycles. The van der Waals surface area contributed by atoms with Crippen LogP contribution in [0.25, 0.3) is 0 Å². The molecule has 13 heavy (non-hydrogen) atoms. The maximum Gasteiger partial charge on any atom is 0.0768 e. The van der Waals surface area contributed by atoms with Crippen LogP contribution in [0.3, 0.4) is 0 Å². The Morgan fingerprint density at radius 1 is 1.54 bits per heavy atom. The van der Waals surface area contributed by atoms with Crippen molar-refractivity contribution in [3.05, 3.63) is 0 Å². The van der Waals surface area contributed by atoms with Crippen LogP contribution in [-0.2, 0) is 4.74 Å². The number of nitrogens with two attached hydrogens (primary N) is 1. The third kappa shape index (κ3) is 2.66. The Labute approximate surface area is 81.0 Å². The van der Waals surface area contributed by atoms with Crippen LogP contribution in [0.1, 0.15) is 33.1 Å². The summed E-state index contributed by atoms with van der Waals surface area (Å²) in [5, 5.41) is 0. The Morgan fingerprint density at radius 3 is 2.46 bits per heavy atom. The maximum atomic E-state index is 5.56. The van der Waals surface area contributed by atoms with Crippen molar-refractivity contribution < 1.29 is 4.74 Å². The van der Waals surface area contributed by atoms with Crippen molar-refractivity contribution in [3.8, 4) is 0 Å². The molecule has 0 bridgehead atoms. The van der Waals surface area contributed by atoms with Gasteiger partial charge in [-0.05, 0) is 24.7 Å². The Morgan fingerprint density at radius 2 is 2.15 bits per heavy atom. The van der Waals surface area contributed by atoms with E-state index >= 15 is 0 Å². The molecule has 3 heteroatoms. The van der Waals surface area contributed by atoms with Crippen LogP contribution >= 0.6 is 0 Å². The first-order valence-corrected chi connectivity index (χ1v) is 5.23. The lowest BCUT2D eigenvalue weighted by molar-refractivity contribution is 0.0332. The lowest BCUT2D eigenvalue weighted by Crippen LogP contribution is -2.49. The molecule has 0 aromatic rings. The fraction of sp³-hybridized carbons (Fsp3) is 1.00. The number of rotatable bonds is 6. The van der Waals surface area contributed by atoms with Crippen LogP contribution in [0.5, 0.6) is 0 Å². The second-order valence-electron chi connectivity index (χ2n) is 4.12. The highest BCUT2D eigenvalue weighted by molar-refractivity contribution is 4.91. The smallest absolute Gasteiger partial charge is 0.0768 e. The number of hydrogen-bond donors (Lipinski definition) is 2. The van der Waals surface area contributed by atoms with Crippen LogP contribution < -0.4 is 11.3 Å². The molecule has 3 atom stereocenters. The minimum Gasteiger partial charge on any atom is -0.379 e. The Kier molecular flexibility index (Phi) is 4.16. The van der Waals surface area contributed by atoms with Gasteiger partial charge in [-0.2, -0.15) is 0 Å². The molecule has 3 nitrogen and oxygen atoms in total. The third-order valence-electron chi connectivity index (χ3n) is 3.16. The molecule has 1 fully saturated rings. The lowest BCUT2D eigenvalue weighted by atomic mass is 9.92. The first kappa shape index (κ1) is 11.0. The molecular formula is C10H22N2O. The Hall–Kier alpha value is -0.120. The maximum absolute atomic E-state index is 5.56. The quantitative estimate of drug-likeness (QED) is 0.485. The van der Waals surface area contributed by atoms with E-state index in [-0.39, 0.29) is 0 Å². The normalized spacial score (nSPS) is 24.0. The standard InChI is InChI=1S/C10H22N2O/c1-4-7(2)9(12-11)10(13-3)8-5-6-8/h7-10,12H,4-6,11H2,1-3H3. The van der Waals surface area contributed by atoms with Crippen LogP contribution in [-0.4, -0.2) is 19.3 Å². The molecule has 0 aliphatic heterocycles. The van der Waals surface area contributed by atoms with Gasteiger partial charge in [0.1, 0.15) is 0 Å². The van der Waals surface area contributed by atoms with Gasteiger partial charge in [-0.25, -0.2) is 0 Å². The molecule has 3 N–H and O–H groups in total. The van der Waals surface area contributed by atoms with Crippen LogP contribution in [0.15, 0.2) is 0 Å². The van der Waals surface area contributed by atoms with E-state index in [9.17, 15) is 0 Å². The van der Waals surface area contributed by atoms with E-state index < -0.39 is 0 Å². The Bertz CT molecular complexity index is 148. The van der Waals surface area contributed by atoms with E-state index in [1.807, 2.05) is 0 Å². The van der Waals surface area contributed by atoms with E-state index in [0.717, 1.165) is 12.3 Å². The summed E-state index contributed by atoms with van der Waals surface area (Å²) in [7, 11) is 1.79. The summed E-state index contributed by atoms with van der Waals surface area (Å²) in [6.45, 7) is 4.41. The number of ether oxygens (including phenoxy) is 1. The molecule has 1 rings (SSSR count). The van der Waals surface area contributed by atoms with Gasteiger partial charge in [0.25, 0.3) is 0 Å². The molecule has 78 valence electrons. The number of methoxy groups -OCH3 is 1. The molecule has 1 saturated carbocycles. The van der Waals surface area contributed by atoms with Crippen molar-refractivity contribution in [1.29, 1.82) is 0 Å². The average molecular weight is 186 g/mol. The van der Waals surface area contributed by atoms with Gasteiger partial charge in [0.05, 0.1) is 12.1 Å². The second-order valence-corrected chi connectivity index (χ2v) is 4.12. The minimum atomic E-state index is 0.306. The fourth-order valence-corrected chi connectivity index (χ4v) is 1.89. The van der Waals surface area contributed by atoms with E-state index in [4.69, 9.17) is 10.6 Å². The van der Waals surface area contributed by atoms with E-state index in [1.165, 1.54) is 12.8 Å². The molecule has 3 unspecified atom stereocenters. The van der Waals surface area contributed by atoms with Crippen LogP contribution in [0.2, 0.25) is 0 Å². The molecule has 1 aliphatic carbocycles. The van der Waals surface area contributed by atoms with Gasteiger partial charge in [0, 0.05) is 7.11 Å².